The van der Waals surface area contributed by atoms with E-state index in [1.165, 1.54) is 11.3 Å². The van der Waals surface area contributed by atoms with E-state index in [-0.39, 0.29) is 0 Å². The largest absolute Gasteiger partial charge is 0.263 e. The van der Waals surface area contributed by atoms with Gasteiger partial charge in [-0.1, -0.05) is 0 Å². The molecule has 2 heterocycles. The SMILES string of the molecule is Cc1nc(C(C)NS(=O)(=O)c2cc(C)sc2C)n[nH]1. The van der Waals surface area contributed by atoms with Crippen molar-refractivity contribution in [3.05, 3.63) is 27.5 Å². The summed E-state index contributed by atoms with van der Waals surface area (Å²) >= 11 is 1.47. The Bertz CT molecular complexity index is 687. The molecule has 2 aromatic rings. The average Bonchev–Trinajstić information content (AvgIpc) is 2.84. The summed E-state index contributed by atoms with van der Waals surface area (Å²) in [7, 11) is -3.54. The number of hydrogen-bond donors (Lipinski definition) is 2. The molecule has 0 aromatic carbocycles. The number of nitrogens with one attached hydrogen (secondary N) is 2. The zero-order valence-corrected chi connectivity index (χ0v) is 12.8. The Balaban J connectivity index is 2.24. The second-order valence-corrected chi connectivity index (χ2v) is 7.54. The third-order valence-corrected chi connectivity index (χ3v) is 5.38. The molecule has 0 aliphatic carbocycles. The fourth-order valence-corrected chi connectivity index (χ4v) is 4.53. The third-order valence-electron chi connectivity index (χ3n) is 2.62. The first-order valence-electron chi connectivity index (χ1n) is 5.78. The lowest BCUT2D eigenvalue weighted by Crippen LogP contribution is -2.27. The van der Waals surface area contributed by atoms with Crippen molar-refractivity contribution in [2.45, 2.75) is 38.6 Å². The maximum Gasteiger partial charge on any atom is 0.242 e. The highest BCUT2D eigenvalue weighted by Crippen LogP contribution is 2.25. The number of sulfonamides is 1. The van der Waals surface area contributed by atoms with E-state index in [1.54, 1.807) is 26.8 Å². The predicted octanol–water partition coefficient (Wildman–Crippen LogP) is 1.83. The molecule has 0 amide bonds. The van der Waals surface area contributed by atoms with Gasteiger partial charge in [-0.05, 0) is 33.8 Å². The van der Waals surface area contributed by atoms with Crippen molar-refractivity contribution >= 4 is 21.4 Å². The van der Waals surface area contributed by atoms with E-state index in [0.29, 0.717) is 16.5 Å². The van der Waals surface area contributed by atoms with Crippen LogP contribution in [-0.4, -0.2) is 23.6 Å². The molecule has 0 radical (unpaired) electrons. The van der Waals surface area contributed by atoms with Gasteiger partial charge < -0.3 is 0 Å². The van der Waals surface area contributed by atoms with Crippen molar-refractivity contribution in [2.24, 2.45) is 0 Å². The van der Waals surface area contributed by atoms with Crippen LogP contribution in [0.5, 0.6) is 0 Å². The molecule has 0 aliphatic rings. The number of hydrogen-bond acceptors (Lipinski definition) is 5. The molecule has 0 saturated heterocycles. The van der Waals surface area contributed by atoms with Crippen LogP contribution in [0, 0.1) is 20.8 Å². The summed E-state index contributed by atoms with van der Waals surface area (Å²) in [5.41, 5.74) is 0. The van der Waals surface area contributed by atoms with Crippen molar-refractivity contribution in [1.82, 2.24) is 19.9 Å². The van der Waals surface area contributed by atoms with Gasteiger partial charge in [-0.15, -0.1) is 11.3 Å². The molecule has 0 spiro atoms. The van der Waals surface area contributed by atoms with Gasteiger partial charge in [0.1, 0.15) is 5.82 Å². The quantitative estimate of drug-likeness (QED) is 0.901. The van der Waals surface area contributed by atoms with Crippen LogP contribution in [0.4, 0.5) is 0 Å². The molecule has 2 rings (SSSR count). The first-order chi connectivity index (χ1) is 8.79. The fraction of sp³-hybridized carbons (Fsp3) is 0.455. The van der Waals surface area contributed by atoms with Crippen molar-refractivity contribution in [2.75, 3.05) is 0 Å². The molecule has 0 bridgehead atoms. The smallest absolute Gasteiger partial charge is 0.242 e. The Hall–Kier alpha value is -1.25. The van der Waals surface area contributed by atoms with Gasteiger partial charge in [-0.3, -0.25) is 5.10 Å². The molecule has 8 heteroatoms. The van der Waals surface area contributed by atoms with E-state index in [1.807, 2.05) is 6.92 Å². The van der Waals surface area contributed by atoms with Gasteiger partial charge in [0, 0.05) is 9.75 Å². The molecule has 1 atom stereocenters. The van der Waals surface area contributed by atoms with Gasteiger partial charge >= 0.3 is 0 Å². The Labute approximate surface area is 116 Å². The Morgan fingerprint density at radius 3 is 2.53 bits per heavy atom. The number of thiophene rings is 1. The Morgan fingerprint density at radius 1 is 1.37 bits per heavy atom. The number of H-pyrrole nitrogens is 1. The van der Waals surface area contributed by atoms with Crippen molar-refractivity contribution in [3.8, 4) is 0 Å². The zero-order chi connectivity index (χ0) is 14.2. The molecule has 2 aromatic heterocycles. The van der Waals surface area contributed by atoms with E-state index in [0.717, 1.165) is 9.75 Å². The maximum absolute atomic E-state index is 12.3. The molecule has 104 valence electrons. The first-order valence-corrected chi connectivity index (χ1v) is 8.08. The highest BCUT2D eigenvalue weighted by atomic mass is 32.2. The molecule has 19 heavy (non-hydrogen) atoms. The topological polar surface area (TPSA) is 87.7 Å². The monoisotopic (exact) mass is 300 g/mol. The number of nitrogens with zero attached hydrogens (tertiary/aromatic N) is 2. The van der Waals surface area contributed by atoms with Crippen LogP contribution >= 0.6 is 11.3 Å². The third kappa shape index (κ3) is 3.02. The van der Waals surface area contributed by atoms with E-state index in [9.17, 15) is 8.42 Å². The molecule has 1 unspecified atom stereocenters. The van der Waals surface area contributed by atoms with E-state index >= 15 is 0 Å². The molecule has 6 nitrogen and oxygen atoms in total. The lowest BCUT2D eigenvalue weighted by atomic mass is 10.3. The Morgan fingerprint density at radius 2 is 2.05 bits per heavy atom. The van der Waals surface area contributed by atoms with Crippen LogP contribution < -0.4 is 4.72 Å². The summed E-state index contributed by atoms with van der Waals surface area (Å²) < 4.78 is 27.2. The zero-order valence-electron chi connectivity index (χ0n) is 11.2. The van der Waals surface area contributed by atoms with Crippen molar-refractivity contribution < 1.29 is 8.42 Å². The van der Waals surface area contributed by atoms with Gasteiger partial charge in [0.05, 0.1) is 10.9 Å². The van der Waals surface area contributed by atoms with Crippen LogP contribution in [0.2, 0.25) is 0 Å². The van der Waals surface area contributed by atoms with Crippen LogP contribution in [0.25, 0.3) is 0 Å². The molecular weight excluding hydrogens is 284 g/mol. The second kappa shape index (κ2) is 5.03. The van der Waals surface area contributed by atoms with Gasteiger partial charge in [-0.25, -0.2) is 18.1 Å². The van der Waals surface area contributed by atoms with Crippen LogP contribution in [0.15, 0.2) is 11.0 Å². The maximum atomic E-state index is 12.3. The second-order valence-electron chi connectivity index (χ2n) is 4.40. The average molecular weight is 300 g/mol. The van der Waals surface area contributed by atoms with E-state index in [2.05, 4.69) is 19.9 Å². The minimum Gasteiger partial charge on any atom is -0.263 e. The summed E-state index contributed by atoms with van der Waals surface area (Å²) in [6.45, 7) is 7.17. The number of rotatable bonds is 4. The number of aryl methyl sites for hydroxylation is 3. The van der Waals surface area contributed by atoms with Gasteiger partial charge in [0.2, 0.25) is 10.0 Å². The summed E-state index contributed by atoms with van der Waals surface area (Å²) in [5.74, 6) is 1.09. The van der Waals surface area contributed by atoms with Gasteiger partial charge in [0.15, 0.2) is 5.82 Å². The first kappa shape index (κ1) is 14.2. The van der Waals surface area contributed by atoms with Crippen LogP contribution in [0.1, 0.15) is 34.4 Å². The lowest BCUT2D eigenvalue weighted by molar-refractivity contribution is 0.560. The summed E-state index contributed by atoms with van der Waals surface area (Å²) in [6, 6.07) is 1.20. The predicted molar refractivity (Wildman–Crippen MR) is 73.6 cm³/mol. The minimum atomic E-state index is -3.54. The van der Waals surface area contributed by atoms with Gasteiger partial charge in [0.25, 0.3) is 0 Å². The molecule has 2 N–H and O–H groups in total. The minimum absolute atomic E-state index is 0.328. The van der Waals surface area contributed by atoms with Crippen molar-refractivity contribution in [1.29, 1.82) is 0 Å². The molecule has 0 aliphatic heterocycles. The fourth-order valence-electron chi connectivity index (χ4n) is 1.78. The van der Waals surface area contributed by atoms with Gasteiger partial charge in [-0.2, -0.15) is 5.10 Å². The van der Waals surface area contributed by atoms with Crippen molar-refractivity contribution in [3.63, 3.8) is 0 Å². The van der Waals surface area contributed by atoms with E-state index in [4.69, 9.17) is 0 Å². The van der Waals surface area contributed by atoms with Crippen LogP contribution in [-0.2, 0) is 10.0 Å². The number of aromatic nitrogens is 3. The molecule has 0 fully saturated rings. The summed E-state index contributed by atoms with van der Waals surface area (Å²) in [5, 5.41) is 6.66. The summed E-state index contributed by atoms with van der Waals surface area (Å²) in [4.78, 5) is 6.21. The highest BCUT2D eigenvalue weighted by Gasteiger charge is 2.23. The highest BCUT2D eigenvalue weighted by molar-refractivity contribution is 7.89. The lowest BCUT2D eigenvalue weighted by Gasteiger charge is -2.10. The Kier molecular flexibility index (Phi) is 3.75. The standard InChI is InChI=1S/C11H16N4O2S2/c1-6-5-10(8(3)18-6)19(16,17)15-7(2)11-12-9(4)13-14-11/h5,7,15H,1-4H3,(H,12,13,14). The summed E-state index contributed by atoms with van der Waals surface area (Å²) in [6.07, 6.45) is 0. The van der Waals surface area contributed by atoms with E-state index < -0.39 is 16.1 Å². The molecular formula is C11H16N4O2S2. The van der Waals surface area contributed by atoms with Crippen LogP contribution in [0.3, 0.4) is 0 Å². The normalized spacial score (nSPS) is 13.7. The molecule has 0 saturated carbocycles. The number of aromatic amines is 1.